The molecule has 0 spiro atoms. The minimum absolute atomic E-state index is 0.227. The number of benzene rings is 2. The van der Waals surface area contributed by atoms with Crippen molar-refractivity contribution < 1.29 is 0 Å². The largest absolute Gasteiger partial charge is 0.368 e. The topological polar surface area (TPSA) is 76.7 Å². The van der Waals surface area contributed by atoms with Gasteiger partial charge >= 0.3 is 0 Å². The lowest BCUT2D eigenvalue weighted by Crippen LogP contribution is -2.07. The first kappa shape index (κ1) is 16.3. The summed E-state index contributed by atoms with van der Waals surface area (Å²) < 4.78 is 0. The lowest BCUT2D eigenvalue weighted by molar-refractivity contribution is 0.980. The molecule has 0 fully saturated rings. The number of aromatic nitrogens is 3. The Labute approximate surface area is 145 Å². The maximum absolute atomic E-state index is 5.84. The number of rotatable bonds is 6. The Morgan fingerprint density at radius 3 is 2.50 bits per heavy atom. The molecular weight excluding hydrogens is 318 g/mol. The molecule has 0 aliphatic carbocycles. The average molecular weight is 337 g/mol. The molecule has 1 aromatic heterocycles. The van der Waals surface area contributed by atoms with Crippen LogP contribution >= 0.6 is 11.8 Å². The van der Waals surface area contributed by atoms with E-state index in [2.05, 4.69) is 45.4 Å². The van der Waals surface area contributed by atoms with Gasteiger partial charge in [0.2, 0.25) is 11.9 Å². The fraction of sp³-hybridized carbons (Fsp3) is 0.167. The van der Waals surface area contributed by atoms with Gasteiger partial charge in [0.15, 0.2) is 0 Å². The Bertz CT molecular complexity index is 808. The summed E-state index contributed by atoms with van der Waals surface area (Å²) in [6.45, 7) is 2.12. The van der Waals surface area contributed by atoms with Crippen molar-refractivity contribution in [3.63, 3.8) is 0 Å². The summed E-state index contributed by atoms with van der Waals surface area (Å²) >= 11 is 1.67. The number of anilines is 3. The Hall–Kier alpha value is -2.60. The van der Waals surface area contributed by atoms with Gasteiger partial charge in [0, 0.05) is 10.6 Å². The van der Waals surface area contributed by atoms with Crippen LogP contribution in [-0.4, -0.2) is 15.0 Å². The molecule has 3 aromatic rings. The third-order valence-corrected chi connectivity index (χ3v) is 4.46. The molecule has 1 heterocycles. The second-order valence-corrected chi connectivity index (χ2v) is 6.22. The van der Waals surface area contributed by atoms with Crippen molar-refractivity contribution in [1.82, 2.24) is 15.0 Å². The molecule has 3 rings (SSSR count). The zero-order valence-corrected chi connectivity index (χ0v) is 14.3. The highest BCUT2D eigenvalue weighted by atomic mass is 32.2. The highest BCUT2D eigenvalue weighted by Crippen LogP contribution is 2.23. The first-order valence-corrected chi connectivity index (χ1v) is 8.76. The molecule has 0 saturated carbocycles. The summed E-state index contributed by atoms with van der Waals surface area (Å²) in [6, 6.07) is 18.2. The maximum atomic E-state index is 5.84. The number of nitrogens with zero attached hydrogens (tertiary/aromatic N) is 3. The number of thioether (sulfide) groups is 1. The summed E-state index contributed by atoms with van der Waals surface area (Å²) in [7, 11) is 0. The molecule has 3 N–H and O–H groups in total. The fourth-order valence-corrected chi connectivity index (χ4v) is 3.07. The van der Waals surface area contributed by atoms with Crippen LogP contribution in [0.25, 0.3) is 0 Å². The minimum atomic E-state index is 0.227. The van der Waals surface area contributed by atoms with Gasteiger partial charge in [-0.1, -0.05) is 43.3 Å². The Morgan fingerprint density at radius 2 is 1.71 bits per heavy atom. The first-order chi connectivity index (χ1) is 11.7. The van der Waals surface area contributed by atoms with E-state index in [9.17, 15) is 0 Å². The minimum Gasteiger partial charge on any atom is -0.368 e. The predicted molar refractivity (Wildman–Crippen MR) is 99.3 cm³/mol. The summed E-state index contributed by atoms with van der Waals surface area (Å²) in [6.07, 6.45) is 0.931. The second kappa shape index (κ2) is 7.79. The highest BCUT2D eigenvalue weighted by Gasteiger charge is 2.07. The fourth-order valence-electron chi connectivity index (χ4n) is 2.29. The molecule has 0 radical (unpaired) electrons. The van der Waals surface area contributed by atoms with Crippen molar-refractivity contribution in [3.8, 4) is 0 Å². The molecule has 6 heteroatoms. The third kappa shape index (κ3) is 4.23. The zero-order chi connectivity index (χ0) is 16.8. The number of nitrogen functional groups attached to an aromatic ring is 1. The Kier molecular flexibility index (Phi) is 5.28. The van der Waals surface area contributed by atoms with E-state index in [1.54, 1.807) is 11.8 Å². The standard InChI is InChI=1S/C18H19N5S/c1-2-13-8-6-7-11-15(13)20-18-22-16(21-17(19)23-18)12-24-14-9-4-3-5-10-14/h3-11H,2,12H2,1H3,(H3,19,20,21,22,23). The van der Waals surface area contributed by atoms with Crippen LogP contribution < -0.4 is 11.1 Å². The number of hydrogen-bond donors (Lipinski definition) is 2. The van der Waals surface area contributed by atoms with Gasteiger partial charge in [-0.05, 0) is 30.2 Å². The molecule has 0 aliphatic heterocycles. The monoisotopic (exact) mass is 337 g/mol. The quantitative estimate of drug-likeness (QED) is 0.661. The van der Waals surface area contributed by atoms with E-state index in [0.717, 1.165) is 12.1 Å². The van der Waals surface area contributed by atoms with E-state index in [1.807, 2.05) is 36.4 Å². The van der Waals surface area contributed by atoms with Gasteiger partial charge in [-0.2, -0.15) is 15.0 Å². The van der Waals surface area contributed by atoms with Crippen LogP contribution in [0.15, 0.2) is 59.5 Å². The van der Waals surface area contributed by atoms with Gasteiger partial charge in [0.05, 0.1) is 5.75 Å². The van der Waals surface area contributed by atoms with Gasteiger partial charge in [0.1, 0.15) is 5.82 Å². The number of nitrogens with one attached hydrogen (secondary N) is 1. The van der Waals surface area contributed by atoms with Crippen molar-refractivity contribution in [2.24, 2.45) is 0 Å². The van der Waals surface area contributed by atoms with Crippen LogP contribution in [0.1, 0.15) is 18.3 Å². The van der Waals surface area contributed by atoms with E-state index in [1.165, 1.54) is 10.5 Å². The van der Waals surface area contributed by atoms with Crippen LogP contribution in [0.2, 0.25) is 0 Å². The van der Waals surface area contributed by atoms with Crippen LogP contribution in [-0.2, 0) is 12.2 Å². The van der Waals surface area contributed by atoms with E-state index >= 15 is 0 Å². The van der Waals surface area contributed by atoms with Gasteiger partial charge in [-0.15, -0.1) is 11.8 Å². The number of aryl methyl sites for hydroxylation is 1. The molecule has 24 heavy (non-hydrogen) atoms. The Balaban J connectivity index is 1.76. The molecule has 0 atom stereocenters. The van der Waals surface area contributed by atoms with Crippen LogP contribution in [0.5, 0.6) is 0 Å². The van der Waals surface area contributed by atoms with Gasteiger partial charge in [-0.25, -0.2) is 0 Å². The van der Waals surface area contributed by atoms with Crippen LogP contribution in [0, 0.1) is 0 Å². The van der Waals surface area contributed by atoms with Gasteiger partial charge in [-0.3, -0.25) is 0 Å². The Morgan fingerprint density at radius 1 is 0.958 bits per heavy atom. The van der Waals surface area contributed by atoms with E-state index in [-0.39, 0.29) is 5.95 Å². The van der Waals surface area contributed by atoms with Crippen molar-refractivity contribution in [2.75, 3.05) is 11.1 Å². The van der Waals surface area contributed by atoms with Crippen LogP contribution in [0.3, 0.4) is 0 Å². The van der Waals surface area contributed by atoms with Crippen LogP contribution in [0.4, 0.5) is 17.6 Å². The average Bonchev–Trinajstić information content (AvgIpc) is 2.61. The molecule has 2 aromatic carbocycles. The summed E-state index contributed by atoms with van der Waals surface area (Å²) in [4.78, 5) is 14.1. The highest BCUT2D eigenvalue weighted by molar-refractivity contribution is 7.98. The summed E-state index contributed by atoms with van der Waals surface area (Å²) in [5.41, 5.74) is 8.04. The molecule has 0 unspecified atom stereocenters. The second-order valence-electron chi connectivity index (χ2n) is 5.17. The predicted octanol–water partition coefficient (Wildman–Crippen LogP) is 4.05. The summed E-state index contributed by atoms with van der Waals surface area (Å²) in [5.74, 6) is 2.01. The van der Waals surface area contributed by atoms with E-state index in [0.29, 0.717) is 17.5 Å². The molecule has 5 nitrogen and oxygen atoms in total. The first-order valence-electron chi connectivity index (χ1n) is 7.78. The molecule has 0 amide bonds. The maximum Gasteiger partial charge on any atom is 0.232 e. The van der Waals surface area contributed by atoms with E-state index < -0.39 is 0 Å². The molecule has 0 bridgehead atoms. The summed E-state index contributed by atoms with van der Waals surface area (Å²) in [5, 5.41) is 3.25. The third-order valence-electron chi connectivity index (χ3n) is 3.45. The lowest BCUT2D eigenvalue weighted by atomic mass is 10.1. The van der Waals surface area contributed by atoms with Gasteiger partial charge in [0.25, 0.3) is 0 Å². The zero-order valence-electron chi connectivity index (χ0n) is 13.4. The molecule has 122 valence electrons. The molecular formula is C18H19N5S. The molecule has 0 aliphatic rings. The number of hydrogen-bond acceptors (Lipinski definition) is 6. The SMILES string of the molecule is CCc1ccccc1Nc1nc(N)nc(CSc2ccccc2)n1. The van der Waals surface area contributed by atoms with Crippen molar-refractivity contribution >= 4 is 29.3 Å². The number of para-hydroxylation sites is 1. The van der Waals surface area contributed by atoms with Crippen molar-refractivity contribution in [3.05, 3.63) is 66.0 Å². The lowest BCUT2D eigenvalue weighted by Gasteiger charge is -2.10. The van der Waals surface area contributed by atoms with E-state index in [4.69, 9.17) is 5.73 Å². The normalized spacial score (nSPS) is 10.5. The molecule has 0 saturated heterocycles. The van der Waals surface area contributed by atoms with Crippen molar-refractivity contribution in [1.29, 1.82) is 0 Å². The van der Waals surface area contributed by atoms with Gasteiger partial charge < -0.3 is 11.1 Å². The van der Waals surface area contributed by atoms with Crippen molar-refractivity contribution in [2.45, 2.75) is 24.0 Å². The number of nitrogens with two attached hydrogens (primary N) is 1. The smallest absolute Gasteiger partial charge is 0.232 e.